The van der Waals surface area contributed by atoms with E-state index >= 15 is 0 Å². The van der Waals surface area contributed by atoms with Gasteiger partial charge in [-0.3, -0.25) is 9.48 Å². The third-order valence-corrected chi connectivity index (χ3v) is 4.63. The average Bonchev–Trinajstić information content (AvgIpc) is 3.14. The van der Waals surface area contributed by atoms with Crippen LogP contribution in [0.2, 0.25) is 0 Å². The van der Waals surface area contributed by atoms with E-state index in [1.165, 1.54) is 5.56 Å². The molecule has 0 fully saturated rings. The molecule has 0 aliphatic carbocycles. The number of pyridine rings is 1. The third kappa shape index (κ3) is 6.16. The van der Waals surface area contributed by atoms with Crippen molar-refractivity contribution in [1.82, 2.24) is 14.8 Å². The first-order chi connectivity index (χ1) is 14.8. The lowest BCUT2D eigenvalue weighted by Crippen LogP contribution is -2.15. The van der Waals surface area contributed by atoms with Crippen molar-refractivity contribution in [2.24, 2.45) is 0 Å². The van der Waals surface area contributed by atoms with Gasteiger partial charge in [0.15, 0.2) is 5.82 Å². The molecule has 31 heavy (non-hydrogen) atoms. The quantitative estimate of drug-likeness (QED) is 0.590. The van der Waals surface area contributed by atoms with Gasteiger partial charge in [0.25, 0.3) is 0 Å². The second-order valence-electron chi connectivity index (χ2n) is 7.95. The number of anilines is 1. The Morgan fingerprint density at radius 2 is 1.87 bits per heavy atom. The summed E-state index contributed by atoms with van der Waals surface area (Å²) in [5, 5.41) is 16.4. The van der Waals surface area contributed by atoms with Crippen LogP contribution in [0.3, 0.4) is 0 Å². The Kier molecular flexibility index (Phi) is 7.03. The van der Waals surface area contributed by atoms with Crippen molar-refractivity contribution in [2.75, 3.05) is 5.32 Å². The molecule has 0 aliphatic heterocycles. The predicted octanol–water partition coefficient (Wildman–Crippen LogP) is 4.29. The molecular formula is C24H27N5O2. The molecule has 0 saturated carbocycles. The van der Waals surface area contributed by atoms with Gasteiger partial charge in [0.1, 0.15) is 11.6 Å². The summed E-state index contributed by atoms with van der Waals surface area (Å²) in [4.78, 5) is 16.8. The molecule has 1 aromatic carbocycles. The Morgan fingerprint density at radius 3 is 2.52 bits per heavy atom. The SMILES string of the molecule is CC(C)Oc1nc(Cn2ccc(NC(=O)Cc3ccc(C(C)C)cc3)n2)ccc1C#N. The maximum Gasteiger partial charge on any atom is 0.232 e. The largest absolute Gasteiger partial charge is 0.474 e. The van der Waals surface area contributed by atoms with Crippen molar-refractivity contribution in [3.8, 4) is 11.9 Å². The van der Waals surface area contributed by atoms with Crippen LogP contribution in [0.15, 0.2) is 48.7 Å². The van der Waals surface area contributed by atoms with Crippen LogP contribution in [0.25, 0.3) is 0 Å². The van der Waals surface area contributed by atoms with Crippen LogP contribution in [0.5, 0.6) is 5.88 Å². The van der Waals surface area contributed by atoms with Crippen molar-refractivity contribution >= 4 is 11.7 Å². The summed E-state index contributed by atoms with van der Waals surface area (Å²) < 4.78 is 7.31. The molecule has 0 saturated heterocycles. The summed E-state index contributed by atoms with van der Waals surface area (Å²) in [6.07, 6.45) is 1.98. The van der Waals surface area contributed by atoms with Crippen LogP contribution in [-0.2, 0) is 17.8 Å². The number of ether oxygens (including phenoxy) is 1. The van der Waals surface area contributed by atoms with Crippen molar-refractivity contribution in [1.29, 1.82) is 5.26 Å². The summed E-state index contributed by atoms with van der Waals surface area (Å²) in [7, 11) is 0. The third-order valence-electron chi connectivity index (χ3n) is 4.63. The number of rotatable bonds is 8. The van der Waals surface area contributed by atoms with Gasteiger partial charge in [0.05, 0.1) is 24.8 Å². The molecule has 2 aromatic heterocycles. The lowest BCUT2D eigenvalue weighted by atomic mass is 10.0. The van der Waals surface area contributed by atoms with E-state index in [1.807, 2.05) is 26.0 Å². The van der Waals surface area contributed by atoms with Gasteiger partial charge >= 0.3 is 0 Å². The average molecular weight is 418 g/mol. The highest BCUT2D eigenvalue weighted by molar-refractivity contribution is 5.91. The Labute approximate surface area is 182 Å². The van der Waals surface area contributed by atoms with Gasteiger partial charge < -0.3 is 10.1 Å². The van der Waals surface area contributed by atoms with Gasteiger partial charge in [-0.2, -0.15) is 10.4 Å². The molecule has 3 aromatic rings. The van der Waals surface area contributed by atoms with Crippen LogP contribution in [-0.4, -0.2) is 26.8 Å². The second kappa shape index (κ2) is 9.90. The van der Waals surface area contributed by atoms with Crippen molar-refractivity contribution in [3.05, 3.63) is 71.0 Å². The van der Waals surface area contributed by atoms with E-state index in [0.717, 1.165) is 5.56 Å². The monoisotopic (exact) mass is 417 g/mol. The number of benzene rings is 1. The first-order valence-corrected chi connectivity index (χ1v) is 10.3. The first kappa shape index (κ1) is 22.0. The minimum Gasteiger partial charge on any atom is -0.474 e. The van der Waals surface area contributed by atoms with Crippen molar-refractivity contribution in [2.45, 2.75) is 52.7 Å². The number of aromatic nitrogens is 3. The maximum absolute atomic E-state index is 12.4. The number of nitrogens with one attached hydrogen (secondary N) is 1. The number of amides is 1. The molecule has 0 atom stereocenters. The smallest absolute Gasteiger partial charge is 0.232 e. The van der Waals surface area contributed by atoms with Crippen LogP contribution in [0.4, 0.5) is 5.82 Å². The van der Waals surface area contributed by atoms with Gasteiger partial charge in [-0.15, -0.1) is 0 Å². The van der Waals surface area contributed by atoms with E-state index in [1.54, 1.807) is 29.1 Å². The van der Waals surface area contributed by atoms with Gasteiger partial charge in [0.2, 0.25) is 11.8 Å². The first-order valence-electron chi connectivity index (χ1n) is 10.3. The molecule has 0 unspecified atom stereocenters. The molecule has 0 radical (unpaired) electrons. The highest BCUT2D eigenvalue weighted by atomic mass is 16.5. The van der Waals surface area contributed by atoms with Crippen LogP contribution in [0.1, 0.15) is 56.0 Å². The molecule has 1 N–H and O–H groups in total. The zero-order chi connectivity index (χ0) is 22.4. The minimum absolute atomic E-state index is 0.0806. The summed E-state index contributed by atoms with van der Waals surface area (Å²) in [5.74, 6) is 1.15. The van der Waals surface area contributed by atoms with E-state index < -0.39 is 0 Å². The van der Waals surface area contributed by atoms with E-state index in [-0.39, 0.29) is 18.4 Å². The van der Waals surface area contributed by atoms with Crippen molar-refractivity contribution in [3.63, 3.8) is 0 Å². The highest BCUT2D eigenvalue weighted by Crippen LogP contribution is 2.18. The maximum atomic E-state index is 12.4. The summed E-state index contributed by atoms with van der Waals surface area (Å²) in [6, 6.07) is 15.4. The molecule has 160 valence electrons. The minimum atomic E-state index is -0.119. The molecule has 3 rings (SSSR count). The number of nitrogens with zero attached hydrogens (tertiary/aromatic N) is 4. The Bertz CT molecular complexity index is 1080. The topological polar surface area (TPSA) is 92.8 Å². The van der Waals surface area contributed by atoms with Gasteiger partial charge in [-0.1, -0.05) is 38.1 Å². The number of hydrogen-bond acceptors (Lipinski definition) is 5. The molecule has 0 bridgehead atoms. The fourth-order valence-corrected chi connectivity index (χ4v) is 3.04. The van der Waals surface area contributed by atoms with E-state index in [2.05, 4.69) is 47.4 Å². The molecule has 0 spiro atoms. The molecular weight excluding hydrogens is 390 g/mol. The van der Waals surface area contributed by atoms with Gasteiger partial charge in [-0.25, -0.2) is 4.98 Å². The van der Waals surface area contributed by atoms with E-state index in [4.69, 9.17) is 4.74 Å². The Balaban J connectivity index is 1.61. The zero-order valence-electron chi connectivity index (χ0n) is 18.3. The fourth-order valence-electron chi connectivity index (χ4n) is 3.04. The van der Waals surface area contributed by atoms with Crippen LogP contribution < -0.4 is 10.1 Å². The number of nitriles is 1. The lowest BCUT2D eigenvalue weighted by molar-refractivity contribution is -0.115. The number of carbonyl (C=O) groups is 1. The van der Waals surface area contributed by atoms with Gasteiger partial charge in [0, 0.05) is 12.3 Å². The second-order valence-corrected chi connectivity index (χ2v) is 7.95. The molecule has 0 aliphatic rings. The summed E-state index contributed by atoms with van der Waals surface area (Å²) >= 11 is 0. The Morgan fingerprint density at radius 1 is 1.13 bits per heavy atom. The normalized spacial score (nSPS) is 10.9. The summed E-state index contributed by atoms with van der Waals surface area (Å²) in [6.45, 7) is 8.45. The predicted molar refractivity (Wildman–Crippen MR) is 119 cm³/mol. The molecule has 7 nitrogen and oxygen atoms in total. The van der Waals surface area contributed by atoms with Crippen molar-refractivity contribution < 1.29 is 9.53 Å². The van der Waals surface area contributed by atoms with E-state index in [9.17, 15) is 10.1 Å². The fraction of sp³-hybridized carbons (Fsp3) is 0.333. The highest BCUT2D eigenvalue weighted by Gasteiger charge is 2.11. The number of hydrogen-bond donors (Lipinski definition) is 1. The summed E-state index contributed by atoms with van der Waals surface area (Å²) in [5.41, 5.74) is 3.32. The molecule has 1 amide bonds. The lowest BCUT2D eigenvalue weighted by Gasteiger charge is -2.11. The van der Waals surface area contributed by atoms with Crippen LogP contribution in [0, 0.1) is 11.3 Å². The Hall–Kier alpha value is -3.66. The van der Waals surface area contributed by atoms with E-state index in [0.29, 0.717) is 35.4 Å². The zero-order valence-corrected chi connectivity index (χ0v) is 18.3. The van der Waals surface area contributed by atoms with Gasteiger partial charge in [-0.05, 0) is 43.0 Å². The van der Waals surface area contributed by atoms with Crippen LogP contribution >= 0.6 is 0 Å². The standard InChI is InChI=1S/C24H27N5O2/c1-16(2)19-7-5-18(6-8-19)13-23(30)27-22-11-12-29(28-22)15-21-10-9-20(14-25)24(26-21)31-17(3)4/h5-12,16-17H,13,15H2,1-4H3,(H,27,28,30). The molecule has 7 heteroatoms. The number of carbonyl (C=O) groups excluding carboxylic acids is 1. The molecule has 2 heterocycles.